The fourth-order valence-corrected chi connectivity index (χ4v) is 11.0. The lowest BCUT2D eigenvalue weighted by molar-refractivity contribution is -0.161. The third-order valence-corrected chi connectivity index (χ3v) is 17.2. The van der Waals surface area contributed by atoms with Crippen LogP contribution in [0.5, 0.6) is 0 Å². The van der Waals surface area contributed by atoms with Crippen molar-refractivity contribution < 1.29 is 80.2 Å². The number of carbonyl (C=O) groups is 4. The monoisotopic (exact) mass is 1490 g/mol. The SMILES string of the molecule is CC/C=C\C/C=C\C/C=C\C/C=C\C/C=C\C/C=C\CCC(=O)OCC(COP(=O)(O)OCC(O)COP(=O)(O)OCC(COC(=O)CCC/C=C\C/C=C\C/C=C\C/C=C\C/C=C\CC)OC(=O)CCCCCCC/C=C\C/C=C\CCCCC)OC(=O)CCCCCCC/C=C\C/C=C\CCC. The topological polar surface area (TPSA) is 237 Å². The van der Waals surface area contributed by atoms with Crippen molar-refractivity contribution in [3.8, 4) is 0 Å². The standard InChI is InChI=1S/C85H136O17P2/c1-5-9-13-17-21-25-29-33-36-38-39-41-44-47-50-54-58-62-66-70-83(88)95-75-80(101-84(89)71-67-63-59-55-51-45-32-28-24-20-16-12-8-4)77-99-103(91,92)97-73-79(86)74-98-104(93,94)100-78-81(102-85(90)72-68-64-60-56-52-48-42-35-31-27-23-19-15-11-7-3)76-96-82(87)69-65-61-57-53-49-46-43-40-37-34-30-26-22-18-14-10-6-2/h9-10,13-14,16,20-23,25-28,32-37,39,41-43,46-47,50,53,57-58,62,79-81,86H,5-8,11-12,15,17-19,24,29-31,38,40,44-45,48-49,51-52,54-56,59-61,63-78H2,1-4H3,(H,91,92)(H,93,94)/b13-9-,14-10-,20-16-,25-21-,26-22-,27-23-,32-28-,36-33-,37-34-,41-39-,42-35-,46-43-,50-47-,57-53-,62-58-. The average molecular weight is 1490 g/mol. The molecule has 0 radical (unpaired) electrons. The van der Waals surface area contributed by atoms with E-state index in [9.17, 15) is 43.2 Å². The fourth-order valence-electron chi connectivity index (χ4n) is 9.47. The second kappa shape index (κ2) is 75.4. The number of phosphoric acid groups is 2. The number of carbonyl (C=O) groups excluding carboxylic acids is 4. The lowest BCUT2D eigenvalue weighted by Crippen LogP contribution is -2.30. The molecule has 0 rings (SSSR count). The number of allylic oxidation sites excluding steroid dienone is 30. The van der Waals surface area contributed by atoms with E-state index in [0.29, 0.717) is 38.5 Å². The highest BCUT2D eigenvalue weighted by Gasteiger charge is 2.30. The van der Waals surface area contributed by atoms with Crippen LogP contribution < -0.4 is 0 Å². The van der Waals surface area contributed by atoms with Gasteiger partial charge in [-0.3, -0.25) is 37.3 Å². The summed E-state index contributed by atoms with van der Waals surface area (Å²) in [5, 5.41) is 10.6. The molecule has 0 aromatic carbocycles. The van der Waals surface area contributed by atoms with Crippen molar-refractivity contribution >= 4 is 39.5 Å². The van der Waals surface area contributed by atoms with Crippen molar-refractivity contribution in [1.29, 1.82) is 0 Å². The lowest BCUT2D eigenvalue weighted by Gasteiger charge is -2.21. The van der Waals surface area contributed by atoms with E-state index in [1.54, 1.807) is 0 Å². The summed E-state index contributed by atoms with van der Waals surface area (Å²) >= 11 is 0. The predicted molar refractivity (Wildman–Crippen MR) is 426 cm³/mol. The molecule has 0 aliphatic carbocycles. The minimum atomic E-state index is -5.01. The van der Waals surface area contributed by atoms with Crippen molar-refractivity contribution in [2.75, 3.05) is 39.6 Å². The molecule has 19 heteroatoms. The number of phosphoric ester groups is 2. The van der Waals surface area contributed by atoms with Gasteiger partial charge in [-0.05, 0) is 161 Å². The molecule has 0 aliphatic heterocycles. The number of hydrogen-bond acceptors (Lipinski definition) is 15. The quantitative estimate of drug-likeness (QED) is 0.0169. The molecule has 5 unspecified atom stereocenters. The Hall–Kier alpha value is -5.84. The first-order valence-electron chi connectivity index (χ1n) is 39.0. The molecule has 0 bridgehead atoms. The zero-order chi connectivity index (χ0) is 76.0. The highest BCUT2D eigenvalue weighted by Crippen LogP contribution is 2.45. The van der Waals surface area contributed by atoms with Crippen molar-refractivity contribution in [3.63, 3.8) is 0 Å². The number of hydrogen-bond donors (Lipinski definition) is 3. The number of esters is 4. The lowest BCUT2D eigenvalue weighted by atomic mass is 10.1. The zero-order valence-electron chi connectivity index (χ0n) is 64.1. The molecule has 0 spiro atoms. The molecule has 0 aliphatic rings. The molecule has 0 heterocycles. The minimum Gasteiger partial charge on any atom is -0.462 e. The number of aliphatic hydroxyl groups is 1. The van der Waals surface area contributed by atoms with E-state index in [4.69, 9.17) is 37.0 Å². The van der Waals surface area contributed by atoms with Crippen LogP contribution in [0.1, 0.15) is 272 Å². The minimum absolute atomic E-state index is 0.0252. The second-order valence-corrected chi connectivity index (χ2v) is 28.1. The van der Waals surface area contributed by atoms with E-state index in [1.165, 1.54) is 19.3 Å². The molecule has 0 saturated carbocycles. The van der Waals surface area contributed by atoms with Gasteiger partial charge in [0.05, 0.1) is 26.4 Å². The van der Waals surface area contributed by atoms with Gasteiger partial charge in [0.1, 0.15) is 19.3 Å². The van der Waals surface area contributed by atoms with Gasteiger partial charge >= 0.3 is 39.5 Å². The highest BCUT2D eigenvalue weighted by atomic mass is 31.2. The third kappa shape index (κ3) is 74.4. The van der Waals surface area contributed by atoms with Crippen LogP contribution in [-0.4, -0.2) is 96.7 Å². The Balaban J connectivity index is 5.50. The molecule has 0 aromatic heterocycles. The van der Waals surface area contributed by atoms with Crippen molar-refractivity contribution in [1.82, 2.24) is 0 Å². The van der Waals surface area contributed by atoms with E-state index in [-0.39, 0.29) is 25.7 Å². The summed E-state index contributed by atoms with van der Waals surface area (Å²) in [6.07, 6.45) is 90.4. The molecule has 0 fully saturated rings. The summed E-state index contributed by atoms with van der Waals surface area (Å²) in [7, 11) is -10.0. The second-order valence-electron chi connectivity index (χ2n) is 25.2. The fraction of sp³-hybridized carbons (Fsp3) is 0.600. The Bertz CT molecular complexity index is 2690. The van der Waals surface area contributed by atoms with E-state index in [2.05, 4.69) is 180 Å². The van der Waals surface area contributed by atoms with Gasteiger partial charge in [-0.25, -0.2) is 9.13 Å². The number of ether oxygens (including phenoxy) is 4. The van der Waals surface area contributed by atoms with Gasteiger partial charge in [0.2, 0.25) is 0 Å². The van der Waals surface area contributed by atoms with Crippen LogP contribution >= 0.6 is 15.6 Å². The number of aliphatic hydroxyl groups excluding tert-OH is 1. The maximum absolute atomic E-state index is 13.1. The van der Waals surface area contributed by atoms with Crippen LogP contribution in [0.2, 0.25) is 0 Å². The third-order valence-electron chi connectivity index (χ3n) is 15.3. The van der Waals surface area contributed by atoms with Crippen LogP contribution in [0.3, 0.4) is 0 Å². The Kier molecular flexibility index (Phi) is 71.2. The Morgan fingerprint density at radius 2 is 0.548 bits per heavy atom. The largest absolute Gasteiger partial charge is 0.472 e. The molecule has 0 amide bonds. The van der Waals surface area contributed by atoms with E-state index in [0.717, 1.165) is 161 Å². The summed E-state index contributed by atoms with van der Waals surface area (Å²) < 4.78 is 68.4. The van der Waals surface area contributed by atoms with E-state index in [1.807, 2.05) is 30.4 Å². The first-order chi connectivity index (χ1) is 50.7. The van der Waals surface area contributed by atoms with E-state index < -0.39 is 97.5 Å². The smallest absolute Gasteiger partial charge is 0.462 e. The number of unbranched alkanes of at least 4 members (excludes halogenated alkanes) is 15. The van der Waals surface area contributed by atoms with Gasteiger partial charge in [0.15, 0.2) is 12.2 Å². The van der Waals surface area contributed by atoms with Crippen LogP contribution in [0.15, 0.2) is 182 Å². The van der Waals surface area contributed by atoms with Gasteiger partial charge in [0.25, 0.3) is 0 Å². The first kappa shape index (κ1) is 98.2. The molecular weight excluding hydrogens is 1350 g/mol. The van der Waals surface area contributed by atoms with Crippen molar-refractivity contribution in [3.05, 3.63) is 182 Å². The van der Waals surface area contributed by atoms with Crippen molar-refractivity contribution in [2.45, 2.75) is 290 Å². The Morgan fingerprint density at radius 1 is 0.279 bits per heavy atom. The predicted octanol–water partition coefficient (Wildman–Crippen LogP) is 22.8. The Morgan fingerprint density at radius 3 is 0.894 bits per heavy atom. The van der Waals surface area contributed by atoms with Crippen LogP contribution in [0.25, 0.3) is 0 Å². The van der Waals surface area contributed by atoms with Crippen LogP contribution in [0, 0.1) is 0 Å². The maximum atomic E-state index is 13.1. The summed E-state index contributed by atoms with van der Waals surface area (Å²) in [6, 6.07) is 0. The normalized spacial score (nSPS) is 14.9. The summed E-state index contributed by atoms with van der Waals surface area (Å²) in [5.74, 6) is -2.39. The molecular formula is C85H136O17P2. The molecule has 5 atom stereocenters. The van der Waals surface area contributed by atoms with E-state index >= 15 is 0 Å². The number of rotatable bonds is 71. The Labute approximate surface area is 628 Å². The molecule has 0 saturated heterocycles. The van der Waals surface area contributed by atoms with Crippen molar-refractivity contribution in [2.24, 2.45) is 0 Å². The van der Waals surface area contributed by atoms with Gasteiger partial charge in [-0.2, -0.15) is 0 Å². The summed E-state index contributed by atoms with van der Waals surface area (Å²) in [6.45, 7) is 4.34. The van der Waals surface area contributed by atoms with Gasteiger partial charge in [0, 0.05) is 25.7 Å². The zero-order valence-corrected chi connectivity index (χ0v) is 65.9. The summed E-state index contributed by atoms with van der Waals surface area (Å²) in [5.41, 5.74) is 0. The molecule has 3 N–H and O–H groups in total. The summed E-state index contributed by atoms with van der Waals surface area (Å²) in [4.78, 5) is 72.9. The van der Waals surface area contributed by atoms with Gasteiger partial charge < -0.3 is 33.8 Å². The molecule has 0 aromatic rings. The van der Waals surface area contributed by atoms with Crippen LogP contribution in [0.4, 0.5) is 0 Å². The van der Waals surface area contributed by atoms with Gasteiger partial charge in [-0.1, -0.05) is 268 Å². The molecule has 104 heavy (non-hydrogen) atoms. The highest BCUT2D eigenvalue weighted by molar-refractivity contribution is 7.47. The average Bonchev–Trinajstić information content (AvgIpc) is 0.939. The van der Waals surface area contributed by atoms with Crippen LogP contribution in [-0.2, 0) is 65.4 Å². The molecule has 588 valence electrons. The first-order valence-corrected chi connectivity index (χ1v) is 42.0. The maximum Gasteiger partial charge on any atom is 0.472 e. The van der Waals surface area contributed by atoms with Gasteiger partial charge in [-0.15, -0.1) is 0 Å². The molecule has 17 nitrogen and oxygen atoms in total.